The van der Waals surface area contributed by atoms with Crippen molar-refractivity contribution < 1.29 is 69.4 Å². The number of carbonyl (C=O) groups is 4. The zero-order valence-corrected chi connectivity index (χ0v) is 64.1. The lowest BCUT2D eigenvalue weighted by Crippen LogP contribution is -2.61. The average molecular weight is 1520 g/mol. The monoisotopic (exact) mass is 1520 g/mol. The smallest absolute Gasteiger partial charge is 0.471 e. The second-order valence-corrected chi connectivity index (χ2v) is 29.7. The zero-order chi connectivity index (χ0) is 79.1. The van der Waals surface area contributed by atoms with E-state index in [2.05, 4.69) is 112 Å². The number of anilines is 2. The van der Waals surface area contributed by atoms with E-state index in [1.807, 2.05) is 44.2 Å². The van der Waals surface area contributed by atoms with Gasteiger partial charge in [0, 0.05) is 47.2 Å². The van der Waals surface area contributed by atoms with Crippen LogP contribution in [-0.4, -0.2) is 76.7 Å². The van der Waals surface area contributed by atoms with Crippen LogP contribution in [0.5, 0.6) is 17.4 Å². The number of alkyl halides is 6. The number of ether oxygens (including phenoxy) is 4. The lowest BCUT2D eigenvalue weighted by molar-refractivity contribution is -0.385. The first-order chi connectivity index (χ1) is 50.2. The number of nitro groups is 1. The first-order valence-corrected chi connectivity index (χ1v) is 35.9. The van der Waals surface area contributed by atoms with Crippen LogP contribution in [0.4, 0.5) is 43.4 Å². The maximum atomic E-state index is 12.6. The first-order valence-electron chi connectivity index (χ1n) is 35.1. The molecule has 17 nitrogen and oxygen atoms in total. The van der Waals surface area contributed by atoms with Crippen molar-refractivity contribution >= 4 is 75.4 Å². The Hall–Kier alpha value is -9.66. The number of hydrogen-bond acceptors (Lipinski definition) is 13. The van der Waals surface area contributed by atoms with E-state index in [0.29, 0.717) is 51.6 Å². The van der Waals surface area contributed by atoms with Crippen LogP contribution in [0.25, 0.3) is 10.9 Å². The lowest BCUT2D eigenvalue weighted by Gasteiger charge is -2.58. The first kappa shape index (κ1) is 84.6. The van der Waals surface area contributed by atoms with Crippen molar-refractivity contribution in [3.8, 4) is 23.4 Å². The molecule has 2 aromatic heterocycles. The van der Waals surface area contributed by atoms with Crippen molar-refractivity contribution in [3.05, 3.63) is 215 Å². The SMILES string of the molecule is CCOC(=O)C(Cc1c[nH]c2cccc(C)c12)(NC=O)C(=O)OCC.COc1cc(C)c(Cl)cc1[N+](=O)[O-].Cc1cc2c(cc1C)C(C)(C)CCC2(C)C.Cc1ccc(NC(=O)C(F)(F)F)cc1.Cc1ccc(NC2(C#N)C3CC4CC(C3)CC2C4)cc1.Cc1ccc(Oc2ncc(C(F)(F)F)cc2Cl)cc1. The Morgan fingerprint density at radius 3 is 1.64 bits per heavy atom. The van der Waals surface area contributed by atoms with Gasteiger partial charge < -0.3 is 39.9 Å². The number of hydrogen-bond donors (Lipinski definition) is 4. The summed E-state index contributed by atoms with van der Waals surface area (Å²) in [7, 11) is 1.38. The number of nitrogens with one attached hydrogen (secondary N) is 4. The molecule has 8 aromatic rings. The number of nitriles is 1. The third kappa shape index (κ3) is 21.4. The topological polar surface area (TPSA) is 237 Å². The van der Waals surface area contributed by atoms with Gasteiger partial charge in [0.05, 0.1) is 41.9 Å². The number of nitro benzene ring substituents is 1. The van der Waals surface area contributed by atoms with Gasteiger partial charge in [-0.05, 0) is 235 Å². The molecule has 4 bridgehead atoms. The number of fused-ring (bicyclic) bond motifs is 2. The van der Waals surface area contributed by atoms with Crippen LogP contribution in [0, 0.1) is 93.6 Å². The third-order valence-electron chi connectivity index (χ3n) is 20.1. The Bertz CT molecular complexity index is 4390. The van der Waals surface area contributed by atoms with Gasteiger partial charge in [0.1, 0.15) is 16.3 Å². The second-order valence-electron chi connectivity index (χ2n) is 28.9. The molecule has 0 spiro atoms. The fraction of sp³-hybridized carbons (Fsp3) is 0.415. The van der Waals surface area contributed by atoms with Gasteiger partial charge in [0.2, 0.25) is 17.8 Å². The summed E-state index contributed by atoms with van der Waals surface area (Å²) >= 11 is 11.5. The minimum atomic E-state index is -4.84. The molecular formula is C82H93Cl2F6N7O10. The molecule has 5 aliphatic carbocycles. The Balaban J connectivity index is 0.000000181. The van der Waals surface area contributed by atoms with Crippen LogP contribution in [0.3, 0.4) is 0 Å². The molecule has 13 rings (SSSR count). The highest BCUT2D eigenvalue weighted by atomic mass is 35.5. The Morgan fingerprint density at radius 2 is 1.20 bits per heavy atom. The molecule has 2 amide bonds. The number of amides is 2. The molecule has 5 aliphatic rings. The van der Waals surface area contributed by atoms with E-state index in [-0.39, 0.29) is 53.2 Å². The predicted octanol–water partition coefficient (Wildman–Crippen LogP) is 20.3. The normalized spacial score (nSPS) is 18.3. The van der Waals surface area contributed by atoms with Gasteiger partial charge in [-0.3, -0.25) is 19.7 Å². The number of rotatable bonds is 15. The predicted molar refractivity (Wildman–Crippen MR) is 404 cm³/mol. The molecule has 25 heteroatoms. The van der Waals surface area contributed by atoms with E-state index in [4.69, 9.17) is 42.1 Å². The van der Waals surface area contributed by atoms with Crippen molar-refractivity contribution in [2.75, 3.05) is 31.0 Å². The zero-order valence-electron chi connectivity index (χ0n) is 62.6. The quantitative estimate of drug-likeness (QED) is 0.0187. The number of halogens is 8. The van der Waals surface area contributed by atoms with E-state index in [1.165, 1.54) is 86.9 Å². The van der Waals surface area contributed by atoms with E-state index in [0.717, 1.165) is 56.7 Å². The molecule has 0 saturated heterocycles. The Kier molecular flexibility index (Phi) is 28.3. The van der Waals surface area contributed by atoms with Crippen LogP contribution in [0.1, 0.15) is 148 Å². The molecule has 6 aromatic carbocycles. The number of methoxy groups -OCH3 is 1. The van der Waals surface area contributed by atoms with E-state index in [9.17, 15) is 60.9 Å². The van der Waals surface area contributed by atoms with Gasteiger partial charge in [-0.2, -0.15) is 31.6 Å². The minimum Gasteiger partial charge on any atom is -0.490 e. The number of esters is 2. The molecule has 107 heavy (non-hydrogen) atoms. The van der Waals surface area contributed by atoms with E-state index in [1.54, 1.807) is 80.7 Å². The highest BCUT2D eigenvalue weighted by Gasteiger charge is 2.58. The standard InChI is InChI=1S/C18H22N2O5.C18H22N2.C16H24.C13H9ClF3NO.C9H8F3NO.C8H8ClNO3/c1-4-24-16(22)18(20-11-21,17(23)25-5-2)9-13-10-19-14-8-6-7-12(3)15(13)14;1-12-2-4-17(5-3-12)20-18(11-19)15-7-13-6-14(9-15)10-16(18)8-13;1-11-9-13-14(10-12(11)2)16(5,6)8-7-15(13,3)4;1-8-2-4-10(5-3-8)19-12-11(14)6-9(7-18-12)13(15,16)17;1-6-2-4-7(5-3-6)13-8(14)9(10,11)12;1-5-3-8(13-2)7(10(11)12)4-6(5)9/h6-8,10-11,19H,4-5,9H2,1-3H3,(H,20,21);2-5,13-16,20H,6-10H2,1H3;9-10H,7-8H2,1-6H3;2-7H,1H3;2-5H,1H3,(H,13,14);3-4H,1-2H3. The average Bonchev–Trinajstić information content (AvgIpc) is 1.64. The highest BCUT2D eigenvalue weighted by molar-refractivity contribution is 6.32. The number of H-pyrrole nitrogens is 1. The van der Waals surface area contributed by atoms with Crippen molar-refractivity contribution in [2.45, 2.75) is 176 Å². The van der Waals surface area contributed by atoms with Crippen molar-refractivity contribution in [3.63, 3.8) is 0 Å². The van der Waals surface area contributed by atoms with Crippen LogP contribution in [-0.2, 0) is 52.1 Å². The van der Waals surface area contributed by atoms with Crippen LogP contribution < -0.4 is 25.4 Å². The second kappa shape index (κ2) is 35.8. The lowest BCUT2D eigenvalue weighted by atomic mass is 9.49. The number of nitrogens with zero attached hydrogens (tertiary/aromatic N) is 3. The van der Waals surface area contributed by atoms with Gasteiger partial charge in [-0.1, -0.05) is 128 Å². The molecular weight excluding hydrogens is 1430 g/mol. The van der Waals surface area contributed by atoms with Crippen LogP contribution in [0.2, 0.25) is 10.0 Å². The number of carbonyl (C=O) groups excluding carboxylic acids is 4. The number of aryl methyl sites for hydroxylation is 7. The summed E-state index contributed by atoms with van der Waals surface area (Å²) in [6.45, 7) is 26.9. The maximum absolute atomic E-state index is 12.6. The van der Waals surface area contributed by atoms with Crippen molar-refractivity contribution in [2.24, 2.45) is 23.7 Å². The van der Waals surface area contributed by atoms with Gasteiger partial charge in [-0.25, -0.2) is 14.6 Å². The summed E-state index contributed by atoms with van der Waals surface area (Å²) in [6.07, 6.45) is 2.42. The third-order valence-corrected chi connectivity index (χ3v) is 20.8. The molecule has 572 valence electrons. The fourth-order valence-electron chi connectivity index (χ4n) is 14.1. The van der Waals surface area contributed by atoms with Crippen molar-refractivity contribution in [1.82, 2.24) is 15.3 Å². The molecule has 2 heterocycles. The number of pyridine rings is 1. The molecule has 4 saturated carbocycles. The molecule has 4 N–H and O–H groups in total. The fourth-order valence-corrected chi connectivity index (χ4v) is 14.5. The summed E-state index contributed by atoms with van der Waals surface area (Å²) in [5.41, 5.74) is 11.3. The largest absolute Gasteiger partial charge is 0.490 e. The summed E-state index contributed by atoms with van der Waals surface area (Å²) in [5, 5.41) is 29.3. The number of aromatic nitrogens is 2. The van der Waals surface area contributed by atoms with Crippen LogP contribution in [0.15, 0.2) is 134 Å². The van der Waals surface area contributed by atoms with Gasteiger partial charge in [-0.15, -0.1) is 0 Å². The Morgan fingerprint density at radius 1 is 0.692 bits per heavy atom. The summed E-state index contributed by atoms with van der Waals surface area (Å²) in [4.78, 5) is 63.5. The van der Waals surface area contributed by atoms with Crippen molar-refractivity contribution in [1.29, 1.82) is 5.26 Å². The van der Waals surface area contributed by atoms with Gasteiger partial charge in [0.25, 0.3) is 0 Å². The molecule has 0 radical (unpaired) electrons. The number of aromatic amines is 1. The minimum absolute atomic E-state index is 0.0569. The molecule has 0 aliphatic heterocycles. The van der Waals surface area contributed by atoms with E-state index < -0.39 is 46.2 Å². The van der Waals surface area contributed by atoms with Crippen LogP contribution >= 0.6 is 23.2 Å². The highest BCUT2D eigenvalue weighted by Crippen LogP contribution is 2.59. The maximum Gasteiger partial charge on any atom is 0.471 e. The summed E-state index contributed by atoms with van der Waals surface area (Å²) in [6, 6.07) is 38.5. The Labute approximate surface area is 631 Å². The summed E-state index contributed by atoms with van der Waals surface area (Å²) < 4.78 is 93.0. The molecule has 0 unspecified atom stereocenters. The van der Waals surface area contributed by atoms with E-state index >= 15 is 0 Å². The van der Waals surface area contributed by atoms with Gasteiger partial charge in [0.15, 0.2) is 5.75 Å². The molecule has 0 atom stereocenters. The van der Waals surface area contributed by atoms with Gasteiger partial charge >= 0.3 is 35.9 Å². The molecule has 4 fully saturated rings. The summed E-state index contributed by atoms with van der Waals surface area (Å²) in [5.74, 6) is -0.0915. The number of benzene rings is 6.